The van der Waals surface area contributed by atoms with E-state index in [1.54, 1.807) is 31.7 Å². The molecule has 0 spiro atoms. The first-order chi connectivity index (χ1) is 12.2. The van der Waals surface area contributed by atoms with Crippen molar-refractivity contribution >= 4 is 11.7 Å². The minimum atomic E-state index is -1.01. The molecule has 26 heavy (non-hydrogen) atoms. The average Bonchev–Trinajstić information content (AvgIpc) is 2.54. The van der Waals surface area contributed by atoms with E-state index in [9.17, 15) is 13.6 Å². The third-order valence-electron chi connectivity index (χ3n) is 4.42. The van der Waals surface area contributed by atoms with E-state index >= 15 is 0 Å². The molecular formula is C19H23F2NO4. The minimum Gasteiger partial charge on any atom is -0.494 e. The van der Waals surface area contributed by atoms with Gasteiger partial charge in [0, 0.05) is 5.56 Å². The normalized spacial score (nSPS) is 22.7. The van der Waals surface area contributed by atoms with E-state index in [0.29, 0.717) is 25.2 Å². The van der Waals surface area contributed by atoms with Gasteiger partial charge in [0.25, 0.3) is 0 Å². The van der Waals surface area contributed by atoms with Crippen molar-refractivity contribution in [1.29, 1.82) is 0 Å². The summed E-state index contributed by atoms with van der Waals surface area (Å²) in [5, 5.41) is 0. The van der Waals surface area contributed by atoms with Gasteiger partial charge in [-0.25, -0.2) is 9.18 Å². The fourth-order valence-corrected chi connectivity index (χ4v) is 3.33. The number of ether oxygens (including phenoxy) is 3. The Hall–Kier alpha value is -2.15. The average molecular weight is 367 g/mol. The number of benzene rings is 1. The van der Waals surface area contributed by atoms with E-state index in [1.807, 2.05) is 0 Å². The summed E-state index contributed by atoms with van der Waals surface area (Å²) in [6.45, 7) is 6.03. The summed E-state index contributed by atoms with van der Waals surface area (Å²) in [4.78, 5) is 14.2. The van der Waals surface area contributed by atoms with Gasteiger partial charge < -0.3 is 14.2 Å². The number of carbonyl (C=O) groups excluding carboxylic acids is 1. The molecule has 5 nitrogen and oxygen atoms in total. The molecule has 3 rings (SSSR count). The van der Waals surface area contributed by atoms with Crippen LogP contribution in [0, 0.1) is 11.6 Å². The number of morpholine rings is 1. The van der Waals surface area contributed by atoms with Crippen molar-refractivity contribution in [2.75, 3.05) is 20.3 Å². The van der Waals surface area contributed by atoms with Crippen molar-refractivity contribution in [2.24, 2.45) is 0 Å². The topological polar surface area (TPSA) is 48.0 Å². The van der Waals surface area contributed by atoms with Gasteiger partial charge in [0.05, 0.1) is 32.4 Å². The Morgan fingerprint density at radius 1 is 1.23 bits per heavy atom. The van der Waals surface area contributed by atoms with E-state index in [4.69, 9.17) is 14.2 Å². The summed E-state index contributed by atoms with van der Waals surface area (Å²) in [6, 6.07) is 2.24. The lowest BCUT2D eigenvalue weighted by molar-refractivity contribution is -0.0510. The number of rotatable bonds is 2. The molecule has 0 aromatic heterocycles. The zero-order chi connectivity index (χ0) is 19.1. The van der Waals surface area contributed by atoms with Crippen LogP contribution < -0.4 is 4.74 Å². The third-order valence-corrected chi connectivity index (χ3v) is 4.42. The molecule has 2 aliphatic heterocycles. The second-order valence-corrected chi connectivity index (χ2v) is 7.49. The molecule has 2 bridgehead atoms. The Kier molecular flexibility index (Phi) is 4.92. The van der Waals surface area contributed by atoms with Gasteiger partial charge in [-0.05, 0) is 44.9 Å². The van der Waals surface area contributed by atoms with Crippen LogP contribution in [-0.4, -0.2) is 49.0 Å². The van der Waals surface area contributed by atoms with Gasteiger partial charge in [-0.15, -0.1) is 0 Å². The van der Waals surface area contributed by atoms with Crippen LogP contribution in [0.2, 0.25) is 0 Å². The first kappa shape index (κ1) is 18.6. The number of amides is 1. The summed E-state index contributed by atoms with van der Waals surface area (Å²) >= 11 is 0. The molecule has 2 unspecified atom stereocenters. The van der Waals surface area contributed by atoms with Crippen molar-refractivity contribution in [3.63, 3.8) is 0 Å². The summed E-state index contributed by atoms with van der Waals surface area (Å²) < 4.78 is 44.4. The number of hydrogen-bond donors (Lipinski definition) is 0. The summed E-state index contributed by atoms with van der Waals surface area (Å²) in [5.74, 6) is -2.09. The smallest absolute Gasteiger partial charge is 0.411 e. The standard InChI is InChI=1S/C19H23F2NO4/c1-19(2,3)26-18(23)22-12-7-11(8-13(22)10-25-9-12)14-5-6-15(24-4)17(21)16(14)20/h5-7,12-13H,8-10H2,1-4H3. The molecule has 0 aliphatic carbocycles. The predicted molar refractivity (Wildman–Crippen MR) is 92.0 cm³/mol. The zero-order valence-corrected chi connectivity index (χ0v) is 15.3. The third kappa shape index (κ3) is 3.53. The van der Waals surface area contributed by atoms with Gasteiger partial charge in [0.1, 0.15) is 5.60 Å². The second kappa shape index (κ2) is 6.87. The lowest BCUT2D eigenvalue weighted by Gasteiger charge is -2.44. The van der Waals surface area contributed by atoms with Gasteiger partial charge in [0.2, 0.25) is 5.82 Å². The van der Waals surface area contributed by atoms with Crippen molar-refractivity contribution in [3.8, 4) is 5.75 Å². The Morgan fingerprint density at radius 2 is 1.96 bits per heavy atom. The number of halogens is 2. The number of hydrogen-bond acceptors (Lipinski definition) is 4. The Bertz CT molecular complexity index is 742. The van der Waals surface area contributed by atoms with Crippen molar-refractivity contribution in [3.05, 3.63) is 35.4 Å². The van der Waals surface area contributed by atoms with Gasteiger partial charge in [-0.3, -0.25) is 4.90 Å². The quantitative estimate of drug-likeness (QED) is 0.799. The zero-order valence-electron chi connectivity index (χ0n) is 15.3. The van der Waals surface area contributed by atoms with Crippen molar-refractivity contribution in [1.82, 2.24) is 4.90 Å². The second-order valence-electron chi connectivity index (χ2n) is 7.49. The highest BCUT2D eigenvalue weighted by Gasteiger charge is 2.40. The van der Waals surface area contributed by atoms with Crippen molar-refractivity contribution in [2.45, 2.75) is 44.9 Å². The van der Waals surface area contributed by atoms with Crippen LogP contribution in [0.15, 0.2) is 18.2 Å². The lowest BCUT2D eigenvalue weighted by atomic mass is 9.89. The predicted octanol–water partition coefficient (Wildman–Crippen LogP) is 3.77. The Balaban J connectivity index is 1.91. The molecule has 1 amide bonds. The molecule has 1 aromatic carbocycles. The number of fused-ring (bicyclic) bond motifs is 2. The first-order valence-electron chi connectivity index (χ1n) is 8.53. The van der Waals surface area contributed by atoms with Crippen LogP contribution in [0.25, 0.3) is 5.57 Å². The number of nitrogens with zero attached hydrogens (tertiary/aromatic N) is 1. The molecule has 0 saturated carbocycles. The molecule has 2 atom stereocenters. The SMILES string of the molecule is COc1ccc(C2=CC3COCC(C2)N3C(=O)OC(C)(C)C)c(F)c1F. The first-order valence-corrected chi connectivity index (χ1v) is 8.53. The maximum Gasteiger partial charge on any atom is 0.411 e. The fraction of sp³-hybridized carbons (Fsp3) is 0.526. The molecule has 1 fully saturated rings. The number of carbonyl (C=O) groups is 1. The molecule has 142 valence electrons. The fourth-order valence-electron chi connectivity index (χ4n) is 3.33. The van der Waals surface area contributed by atoms with Crippen LogP contribution in [-0.2, 0) is 9.47 Å². The highest BCUT2D eigenvalue weighted by Crippen LogP contribution is 2.36. The largest absolute Gasteiger partial charge is 0.494 e. The molecule has 7 heteroatoms. The minimum absolute atomic E-state index is 0.137. The Labute approximate surface area is 151 Å². The lowest BCUT2D eigenvalue weighted by Crippen LogP contribution is -2.57. The summed E-state index contributed by atoms with van der Waals surface area (Å²) in [6.07, 6.45) is 1.69. The van der Waals surface area contributed by atoms with E-state index in [0.717, 1.165) is 0 Å². The maximum absolute atomic E-state index is 14.5. The van der Waals surface area contributed by atoms with Gasteiger partial charge in [0.15, 0.2) is 11.6 Å². The van der Waals surface area contributed by atoms with E-state index < -0.39 is 23.3 Å². The number of methoxy groups -OCH3 is 1. The Morgan fingerprint density at radius 3 is 2.58 bits per heavy atom. The maximum atomic E-state index is 14.5. The molecule has 2 aliphatic rings. The molecule has 0 N–H and O–H groups in total. The van der Waals surface area contributed by atoms with E-state index in [1.165, 1.54) is 19.2 Å². The highest BCUT2D eigenvalue weighted by molar-refractivity contribution is 5.75. The monoisotopic (exact) mass is 367 g/mol. The van der Waals surface area contributed by atoms with Crippen LogP contribution in [0.5, 0.6) is 5.75 Å². The molecule has 2 heterocycles. The van der Waals surface area contributed by atoms with Crippen molar-refractivity contribution < 1.29 is 27.8 Å². The van der Waals surface area contributed by atoms with Crippen LogP contribution in [0.4, 0.5) is 13.6 Å². The highest BCUT2D eigenvalue weighted by atomic mass is 19.2. The molecule has 1 aromatic rings. The molecule has 0 radical (unpaired) electrons. The van der Waals surface area contributed by atoms with E-state index in [-0.39, 0.29) is 23.4 Å². The molecule has 1 saturated heterocycles. The summed E-state index contributed by atoms with van der Waals surface area (Å²) in [7, 11) is 1.29. The van der Waals surface area contributed by atoms with Gasteiger partial charge in [-0.2, -0.15) is 4.39 Å². The van der Waals surface area contributed by atoms with Crippen LogP contribution >= 0.6 is 0 Å². The molecular weight excluding hydrogens is 344 g/mol. The van der Waals surface area contributed by atoms with Crippen LogP contribution in [0.3, 0.4) is 0 Å². The van der Waals surface area contributed by atoms with E-state index in [2.05, 4.69) is 0 Å². The van der Waals surface area contributed by atoms with Gasteiger partial charge in [-0.1, -0.05) is 6.08 Å². The van der Waals surface area contributed by atoms with Crippen LogP contribution in [0.1, 0.15) is 32.8 Å². The van der Waals surface area contributed by atoms with Gasteiger partial charge >= 0.3 is 6.09 Å². The summed E-state index contributed by atoms with van der Waals surface area (Å²) in [5.41, 5.74) is 0.229.